The number of esters is 1. The number of hydrogen-bond acceptors (Lipinski definition) is 8. The van der Waals surface area contributed by atoms with Crippen LogP contribution in [0.25, 0.3) is 0 Å². The first-order valence-electron chi connectivity index (χ1n) is 18.7. The van der Waals surface area contributed by atoms with Crippen LogP contribution in [0.4, 0.5) is 0 Å². The largest absolute Gasteiger partial charge is 0.455 e. The summed E-state index contributed by atoms with van der Waals surface area (Å²) in [5, 5.41) is 42.8. The van der Waals surface area contributed by atoms with Gasteiger partial charge in [0.1, 0.15) is 6.10 Å². The summed E-state index contributed by atoms with van der Waals surface area (Å²) < 4.78 is 17.2. The second-order valence-corrected chi connectivity index (χ2v) is 14.2. The molecule has 8 nitrogen and oxygen atoms in total. The first kappa shape index (κ1) is 38.4. The summed E-state index contributed by atoms with van der Waals surface area (Å²) in [6.07, 6.45) is 20.9. The number of hydrogen-bond donors (Lipinski definition) is 4. The molecule has 262 valence electrons. The Morgan fingerprint density at radius 3 is 1.38 bits per heavy atom. The SMILES string of the molecule is CCCCCCCCCCCCC[C@@H](O)[C@@H]1CC[C@@H]([C@@H](O)CC[C@H](O)[C@@H]2CC[C@@H]([C@H](O)CCCCCC3=C[C@H](C)OC3=O)O2)O1. The molecular formula is C37H66O8. The van der Waals surface area contributed by atoms with Gasteiger partial charge >= 0.3 is 5.97 Å². The lowest BCUT2D eigenvalue weighted by atomic mass is 9.98. The highest BCUT2D eigenvalue weighted by atomic mass is 16.5. The van der Waals surface area contributed by atoms with Crippen molar-refractivity contribution in [2.24, 2.45) is 0 Å². The Labute approximate surface area is 273 Å². The lowest BCUT2D eigenvalue weighted by Crippen LogP contribution is -2.34. The first-order chi connectivity index (χ1) is 21.8. The molecule has 9 atom stereocenters. The van der Waals surface area contributed by atoms with Gasteiger partial charge in [-0.2, -0.15) is 0 Å². The highest BCUT2D eigenvalue weighted by Gasteiger charge is 2.37. The molecule has 3 heterocycles. The molecule has 0 spiro atoms. The number of carbonyl (C=O) groups is 1. The molecule has 2 saturated heterocycles. The van der Waals surface area contributed by atoms with E-state index in [0.717, 1.165) is 56.9 Å². The molecule has 0 unspecified atom stereocenters. The van der Waals surface area contributed by atoms with Crippen molar-refractivity contribution in [2.75, 3.05) is 0 Å². The molecule has 3 aliphatic heterocycles. The summed E-state index contributed by atoms with van der Waals surface area (Å²) in [6, 6.07) is 0. The molecule has 0 bridgehead atoms. The predicted octanol–water partition coefficient (Wildman–Crippen LogP) is 6.83. The molecule has 0 amide bonds. The van der Waals surface area contributed by atoms with Crippen LogP contribution in [-0.4, -0.2) is 81.3 Å². The molecule has 0 aromatic rings. The minimum atomic E-state index is -0.692. The van der Waals surface area contributed by atoms with Crippen LogP contribution in [0, 0.1) is 0 Å². The van der Waals surface area contributed by atoms with E-state index >= 15 is 0 Å². The van der Waals surface area contributed by atoms with Crippen LogP contribution < -0.4 is 0 Å². The van der Waals surface area contributed by atoms with Crippen LogP contribution in [-0.2, 0) is 19.0 Å². The monoisotopic (exact) mass is 638 g/mol. The molecule has 3 rings (SSSR count). The van der Waals surface area contributed by atoms with Crippen molar-refractivity contribution >= 4 is 5.97 Å². The minimum absolute atomic E-state index is 0.128. The van der Waals surface area contributed by atoms with Gasteiger partial charge in [0, 0.05) is 5.57 Å². The number of cyclic esters (lactones) is 1. The second-order valence-electron chi connectivity index (χ2n) is 14.2. The molecule has 0 radical (unpaired) electrons. The van der Waals surface area contributed by atoms with E-state index in [0.29, 0.717) is 38.5 Å². The molecule has 0 saturated carbocycles. The van der Waals surface area contributed by atoms with Crippen LogP contribution >= 0.6 is 0 Å². The van der Waals surface area contributed by atoms with Gasteiger partial charge in [-0.1, -0.05) is 90.4 Å². The second kappa shape index (κ2) is 21.8. The normalized spacial score (nSPS) is 27.8. The smallest absolute Gasteiger partial charge is 0.334 e. The van der Waals surface area contributed by atoms with Gasteiger partial charge in [-0.25, -0.2) is 4.79 Å². The zero-order valence-electron chi connectivity index (χ0n) is 28.5. The third-order valence-electron chi connectivity index (χ3n) is 10.2. The zero-order valence-corrected chi connectivity index (χ0v) is 28.5. The van der Waals surface area contributed by atoms with E-state index in [-0.39, 0.29) is 36.5 Å². The van der Waals surface area contributed by atoms with Crippen molar-refractivity contribution in [1.82, 2.24) is 0 Å². The van der Waals surface area contributed by atoms with Crippen LogP contribution in [0.1, 0.15) is 162 Å². The number of rotatable bonds is 25. The molecule has 3 aliphatic rings. The summed E-state index contributed by atoms with van der Waals surface area (Å²) in [7, 11) is 0. The van der Waals surface area contributed by atoms with E-state index in [9.17, 15) is 25.2 Å². The van der Waals surface area contributed by atoms with Crippen LogP contribution in [0.5, 0.6) is 0 Å². The molecule has 2 fully saturated rings. The van der Waals surface area contributed by atoms with Crippen molar-refractivity contribution in [3.05, 3.63) is 11.6 Å². The van der Waals surface area contributed by atoms with Crippen molar-refractivity contribution in [3.8, 4) is 0 Å². The standard InChI is InChI=1S/C37H66O8/c1-3-4-5-6-7-8-9-10-11-12-15-18-29(38)33-22-24-35(44-33)31(40)20-21-32(41)36-25-23-34(45-36)30(39)19-16-13-14-17-28-26-27(2)43-37(28)42/h26-27,29-36,38-41H,3-25H2,1-2H3/t27-,29+,30+,31-,32-,33-,34-,35-,36-/m0/s1. The van der Waals surface area contributed by atoms with Crippen molar-refractivity contribution < 1.29 is 39.4 Å². The summed E-state index contributed by atoms with van der Waals surface area (Å²) >= 11 is 0. The first-order valence-corrected chi connectivity index (χ1v) is 18.7. The van der Waals surface area contributed by atoms with Crippen LogP contribution in [0.3, 0.4) is 0 Å². The van der Waals surface area contributed by atoms with E-state index in [1.165, 1.54) is 57.8 Å². The van der Waals surface area contributed by atoms with Crippen molar-refractivity contribution in [3.63, 3.8) is 0 Å². The molecule has 45 heavy (non-hydrogen) atoms. The maximum Gasteiger partial charge on any atom is 0.334 e. The van der Waals surface area contributed by atoms with E-state index in [4.69, 9.17) is 14.2 Å². The maximum absolute atomic E-state index is 11.7. The van der Waals surface area contributed by atoms with E-state index in [1.54, 1.807) is 0 Å². The molecule has 4 N–H and O–H groups in total. The third-order valence-corrected chi connectivity index (χ3v) is 10.2. The van der Waals surface area contributed by atoms with Crippen LogP contribution in [0.15, 0.2) is 11.6 Å². The average Bonchev–Trinajstić information content (AvgIpc) is 3.78. The third kappa shape index (κ3) is 14.3. The van der Waals surface area contributed by atoms with Gasteiger partial charge in [0.2, 0.25) is 0 Å². The Hall–Kier alpha value is -1.03. The van der Waals surface area contributed by atoms with Gasteiger partial charge in [0.05, 0.1) is 48.8 Å². The van der Waals surface area contributed by atoms with Crippen molar-refractivity contribution in [2.45, 2.75) is 216 Å². The lowest BCUT2D eigenvalue weighted by molar-refractivity contribution is -0.139. The Kier molecular flexibility index (Phi) is 18.6. The quantitative estimate of drug-likeness (QED) is 0.0634. The Morgan fingerprint density at radius 1 is 0.600 bits per heavy atom. The molecule has 0 aromatic heterocycles. The van der Waals surface area contributed by atoms with E-state index in [1.807, 2.05) is 13.0 Å². The van der Waals surface area contributed by atoms with Gasteiger partial charge < -0.3 is 34.6 Å². The number of carbonyl (C=O) groups excluding carboxylic acids is 1. The number of aliphatic hydroxyl groups excluding tert-OH is 4. The van der Waals surface area contributed by atoms with Crippen LogP contribution in [0.2, 0.25) is 0 Å². The summed E-state index contributed by atoms with van der Waals surface area (Å²) in [6.45, 7) is 4.12. The molecule has 8 heteroatoms. The van der Waals surface area contributed by atoms with Gasteiger partial charge in [-0.15, -0.1) is 0 Å². The van der Waals surface area contributed by atoms with Gasteiger partial charge in [-0.05, 0) is 77.2 Å². The molecule has 0 aliphatic carbocycles. The summed E-state index contributed by atoms with van der Waals surface area (Å²) in [4.78, 5) is 11.7. The highest BCUT2D eigenvalue weighted by Crippen LogP contribution is 2.31. The minimum Gasteiger partial charge on any atom is -0.455 e. The Morgan fingerprint density at radius 2 is 0.978 bits per heavy atom. The van der Waals surface area contributed by atoms with E-state index < -0.39 is 24.4 Å². The summed E-state index contributed by atoms with van der Waals surface area (Å²) in [5.41, 5.74) is 0.760. The fraction of sp³-hybridized carbons (Fsp3) is 0.919. The lowest BCUT2D eigenvalue weighted by Gasteiger charge is -2.25. The number of ether oxygens (including phenoxy) is 3. The topological polar surface area (TPSA) is 126 Å². The van der Waals surface area contributed by atoms with Gasteiger partial charge in [0.25, 0.3) is 0 Å². The molecule has 0 aromatic carbocycles. The van der Waals surface area contributed by atoms with Gasteiger partial charge in [-0.3, -0.25) is 0 Å². The Bertz CT molecular complexity index is 833. The van der Waals surface area contributed by atoms with Crippen molar-refractivity contribution in [1.29, 1.82) is 0 Å². The Balaban J connectivity index is 1.19. The van der Waals surface area contributed by atoms with E-state index in [2.05, 4.69) is 6.92 Å². The fourth-order valence-corrected chi connectivity index (χ4v) is 7.27. The zero-order chi connectivity index (χ0) is 32.4. The summed E-state index contributed by atoms with van der Waals surface area (Å²) in [5.74, 6) is -0.206. The number of aliphatic hydroxyl groups is 4. The maximum atomic E-state index is 11.7. The molecular weight excluding hydrogens is 572 g/mol. The highest BCUT2D eigenvalue weighted by molar-refractivity contribution is 5.90. The number of unbranched alkanes of at least 4 members (excludes halogenated alkanes) is 12. The van der Waals surface area contributed by atoms with Gasteiger partial charge in [0.15, 0.2) is 0 Å². The predicted molar refractivity (Wildman–Crippen MR) is 177 cm³/mol. The average molecular weight is 639 g/mol. The fourth-order valence-electron chi connectivity index (χ4n) is 7.27.